The molecule has 0 aromatic carbocycles. The third-order valence-corrected chi connectivity index (χ3v) is 2.92. The van der Waals surface area contributed by atoms with Crippen LogP contribution in [0.2, 0.25) is 0 Å². The number of aromatic nitrogens is 2. The second-order valence-electron chi connectivity index (χ2n) is 4.35. The quantitative estimate of drug-likeness (QED) is 0.671. The van der Waals surface area contributed by atoms with Crippen LogP contribution in [0.3, 0.4) is 0 Å². The molecule has 0 spiro atoms. The van der Waals surface area contributed by atoms with Crippen LogP contribution in [-0.2, 0) is 13.5 Å². The monoisotopic (exact) mass is 224 g/mol. The second-order valence-corrected chi connectivity index (χ2v) is 4.35. The van der Waals surface area contributed by atoms with Crippen LogP contribution in [0, 0.1) is 0 Å². The Kier molecular flexibility index (Phi) is 6.11. The Morgan fingerprint density at radius 1 is 1.31 bits per heavy atom. The first-order valence-electron chi connectivity index (χ1n) is 6.09. The summed E-state index contributed by atoms with van der Waals surface area (Å²) in [5, 5.41) is 4.17. The number of likely N-dealkylation sites (N-methyl/N-ethyl adjacent to an activating group) is 1. The minimum atomic E-state index is 0.818. The first kappa shape index (κ1) is 13.2. The molecule has 0 aliphatic rings. The summed E-state index contributed by atoms with van der Waals surface area (Å²) in [5.41, 5.74) is 6.76. The van der Waals surface area contributed by atoms with Crippen molar-refractivity contribution in [2.75, 3.05) is 26.7 Å². The fourth-order valence-corrected chi connectivity index (χ4v) is 1.77. The van der Waals surface area contributed by atoms with E-state index in [4.69, 9.17) is 5.73 Å². The molecule has 1 aromatic heterocycles. The lowest BCUT2D eigenvalue weighted by atomic mass is 10.2. The van der Waals surface area contributed by atoms with E-state index in [0.29, 0.717) is 0 Å². The van der Waals surface area contributed by atoms with Gasteiger partial charge in [-0.3, -0.25) is 4.68 Å². The molecule has 0 aliphatic heterocycles. The molecule has 0 fully saturated rings. The van der Waals surface area contributed by atoms with Gasteiger partial charge in [-0.15, -0.1) is 0 Å². The molecule has 0 bridgehead atoms. The first-order valence-corrected chi connectivity index (χ1v) is 6.09. The molecule has 0 saturated heterocycles. The maximum Gasteiger partial charge on any atom is 0.0492 e. The number of hydrogen-bond acceptors (Lipinski definition) is 3. The predicted octanol–water partition coefficient (Wildman–Crippen LogP) is 1.02. The van der Waals surface area contributed by atoms with Crippen LogP contribution in [0.15, 0.2) is 12.3 Å². The van der Waals surface area contributed by atoms with Gasteiger partial charge in [-0.05, 0) is 39.0 Å². The summed E-state index contributed by atoms with van der Waals surface area (Å²) in [6.07, 6.45) is 6.57. The Balaban J connectivity index is 2.10. The highest BCUT2D eigenvalue weighted by Crippen LogP contribution is 2.01. The van der Waals surface area contributed by atoms with E-state index in [2.05, 4.69) is 23.1 Å². The lowest BCUT2D eigenvalue weighted by molar-refractivity contribution is 0.326. The van der Waals surface area contributed by atoms with Gasteiger partial charge in [-0.25, -0.2) is 0 Å². The van der Waals surface area contributed by atoms with Crippen LogP contribution < -0.4 is 5.73 Å². The van der Waals surface area contributed by atoms with E-state index in [-0.39, 0.29) is 0 Å². The molecule has 2 N–H and O–H groups in total. The molecule has 4 heteroatoms. The molecule has 4 nitrogen and oxygen atoms in total. The van der Waals surface area contributed by atoms with Gasteiger partial charge in [0.15, 0.2) is 0 Å². The van der Waals surface area contributed by atoms with Gasteiger partial charge in [0.05, 0.1) is 0 Å². The van der Waals surface area contributed by atoms with Gasteiger partial charge >= 0.3 is 0 Å². The maximum atomic E-state index is 5.46. The molecule has 1 rings (SSSR count). The third-order valence-electron chi connectivity index (χ3n) is 2.92. The van der Waals surface area contributed by atoms with Crippen molar-refractivity contribution in [3.63, 3.8) is 0 Å². The summed E-state index contributed by atoms with van der Waals surface area (Å²) in [6, 6.07) is 2.09. The fourth-order valence-electron chi connectivity index (χ4n) is 1.77. The summed E-state index contributed by atoms with van der Waals surface area (Å²) in [7, 11) is 4.18. The topological polar surface area (TPSA) is 47.1 Å². The largest absolute Gasteiger partial charge is 0.330 e. The smallest absolute Gasteiger partial charge is 0.0492 e. The number of rotatable bonds is 8. The van der Waals surface area contributed by atoms with Gasteiger partial charge in [0, 0.05) is 31.9 Å². The molecule has 1 heterocycles. The molecule has 16 heavy (non-hydrogen) atoms. The molecule has 1 aromatic rings. The van der Waals surface area contributed by atoms with E-state index < -0.39 is 0 Å². The number of hydrogen-bond donors (Lipinski definition) is 1. The molecule has 0 unspecified atom stereocenters. The molecule has 92 valence electrons. The summed E-state index contributed by atoms with van der Waals surface area (Å²) >= 11 is 0. The van der Waals surface area contributed by atoms with E-state index in [1.165, 1.54) is 18.5 Å². The van der Waals surface area contributed by atoms with Crippen LogP contribution in [0.5, 0.6) is 0 Å². The van der Waals surface area contributed by atoms with Crippen molar-refractivity contribution >= 4 is 0 Å². The SMILES string of the molecule is CN(CCCCCN)CCc1ccnn1C. The van der Waals surface area contributed by atoms with E-state index in [1.54, 1.807) is 0 Å². The van der Waals surface area contributed by atoms with Gasteiger partial charge in [-0.1, -0.05) is 6.42 Å². The van der Waals surface area contributed by atoms with E-state index in [0.717, 1.165) is 32.5 Å². The molecular formula is C12H24N4. The molecular weight excluding hydrogens is 200 g/mol. The lowest BCUT2D eigenvalue weighted by Crippen LogP contribution is -2.23. The van der Waals surface area contributed by atoms with E-state index >= 15 is 0 Å². The van der Waals surface area contributed by atoms with Crippen LogP contribution in [0.1, 0.15) is 25.0 Å². The molecule has 0 aliphatic carbocycles. The Bertz CT molecular complexity index is 282. The zero-order valence-corrected chi connectivity index (χ0v) is 10.5. The standard InChI is InChI=1S/C12H24N4/c1-15(10-5-3-4-8-13)11-7-12-6-9-14-16(12)2/h6,9H,3-5,7-8,10-11,13H2,1-2H3. The number of unbranched alkanes of at least 4 members (excludes halogenated alkanes) is 2. The highest BCUT2D eigenvalue weighted by atomic mass is 15.3. The van der Waals surface area contributed by atoms with Crippen LogP contribution >= 0.6 is 0 Å². The Hall–Kier alpha value is -0.870. The van der Waals surface area contributed by atoms with Gasteiger partial charge in [0.25, 0.3) is 0 Å². The van der Waals surface area contributed by atoms with Gasteiger partial charge in [0.1, 0.15) is 0 Å². The van der Waals surface area contributed by atoms with Gasteiger partial charge in [-0.2, -0.15) is 5.10 Å². The average molecular weight is 224 g/mol. The second kappa shape index (κ2) is 7.41. The Morgan fingerprint density at radius 3 is 2.75 bits per heavy atom. The summed E-state index contributed by atoms with van der Waals surface area (Å²) in [6.45, 7) is 3.08. The van der Waals surface area contributed by atoms with Crippen LogP contribution in [0.25, 0.3) is 0 Å². The third kappa shape index (κ3) is 4.77. The normalized spacial score (nSPS) is 11.2. The molecule has 0 amide bonds. The van der Waals surface area contributed by atoms with Crippen molar-refractivity contribution in [1.82, 2.24) is 14.7 Å². The van der Waals surface area contributed by atoms with E-state index in [9.17, 15) is 0 Å². The summed E-state index contributed by atoms with van der Waals surface area (Å²) in [5.74, 6) is 0. The highest BCUT2D eigenvalue weighted by molar-refractivity contribution is 5.00. The van der Waals surface area contributed by atoms with Crippen molar-refractivity contribution in [2.24, 2.45) is 12.8 Å². The van der Waals surface area contributed by atoms with Crippen molar-refractivity contribution in [1.29, 1.82) is 0 Å². The average Bonchev–Trinajstić information content (AvgIpc) is 2.67. The fraction of sp³-hybridized carbons (Fsp3) is 0.750. The van der Waals surface area contributed by atoms with E-state index in [1.807, 2.05) is 17.9 Å². The van der Waals surface area contributed by atoms with Gasteiger partial charge < -0.3 is 10.6 Å². The summed E-state index contributed by atoms with van der Waals surface area (Å²) in [4.78, 5) is 2.38. The number of nitrogens with zero attached hydrogens (tertiary/aromatic N) is 3. The zero-order chi connectivity index (χ0) is 11.8. The Morgan fingerprint density at radius 2 is 2.12 bits per heavy atom. The zero-order valence-electron chi connectivity index (χ0n) is 10.5. The summed E-state index contributed by atoms with van der Waals surface area (Å²) < 4.78 is 1.95. The number of aryl methyl sites for hydroxylation is 1. The van der Waals surface area contributed by atoms with Crippen molar-refractivity contribution in [3.8, 4) is 0 Å². The van der Waals surface area contributed by atoms with Crippen LogP contribution in [0.4, 0.5) is 0 Å². The van der Waals surface area contributed by atoms with Crippen molar-refractivity contribution in [2.45, 2.75) is 25.7 Å². The highest BCUT2D eigenvalue weighted by Gasteiger charge is 2.02. The predicted molar refractivity (Wildman–Crippen MR) is 67.3 cm³/mol. The minimum Gasteiger partial charge on any atom is -0.330 e. The lowest BCUT2D eigenvalue weighted by Gasteiger charge is -2.16. The molecule has 0 atom stereocenters. The first-order chi connectivity index (χ1) is 7.74. The molecule has 0 radical (unpaired) electrons. The van der Waals surface area contributed by atoms with Crippen LogP contribution in [-0.4, -0.2) is 41.4 Å². The van der Waals surface area contributed by atoms with Crippen molar-refractivity contribution < 1.29 is 0 Å². The number of nitrogens with two attached hydrogens (primary N) is 1. The maximum absolute atomic E-state index is 5.46. The van der Waals surface area contributed by atoms with Gasteiger partial charge in [0.2, 0.25) is 0 Å². The minimum absolute atomic E-state index is 0.818. The Labute approximate surface area is 98.4 Å². The van der Waals surface area contributed by atoms with Crippen molar-refractivity contribution in [3.05, 3.63) is 18.0 Å². The molecule has 0 saturated carbocycles.